The average molecular weight is 434 g/mol. The second-order valence-electron chi connectivity index (χ2n) is 7.21. The second-order valence-corrected chi connectivity index (χ2v) is 8.15. The molecule has 0 aliphatic rings. The maximum Gasteiger partial charge on any atom is 0.266 e. The maximum absolute atomic E-state index is 13.4. The fraction of sp³-hybridized carbons (Fsp3) is 0.227. The van der Waals surface area contributed by atoms with Crippen molar-refractivity contribution in [2.75, 3.05) is 11.5 Å². The standard InChI is InChI=1S/C22H23N7OS/c1-3-13(2)14-8-10-15(11-9-14)29-19(30)16-6-4-5-7-17(16)25-22(29)31-12-18-26-20(23)28-21(24)27-18/h4-11,13H,3,12H2,1-2H3,(H4,23,24,26,27,28). The smallest absolute Gasteiger partial charge is 0.266 e. The van der Waals surface area contributed by atoms with Crippen molar-refractivity contribution in [3.05, 3.63) is 70.3 Å². The third-order valence-corrected chi connectivity index (χ3v) is 6.06. The van der Waals surface area contributed by atoms with Gasteiger partial charge < -0.3 is 11.5 Å². The van der Waals surface area contributed by atoms with Crippen molar-refractivity contribution in [2.45, 2.75) is 37.1 Å². The molecule has 8 nitrogen and oxygen atoms in total. The fourth-order valence-electron chi connectivity index (χ4n) is 3.27. The van der Waals surface area contributed by atoms with E-state index in [-0.39, 0.29) is 17.5 Å². The minimum absolute atomic E-state index is 0.0626. The molecule has 0 aliphatic carbocycles. The lowest BCUT2D eigenvalue weighted by Crippen LogP contribution is -2.22. The number of rotatable bonds is 6. The number of hydrogen-bond donors (Lipinski definition) is 2. The minimum Gasteiger partial charge on any atom is -0.368 e. The highest BCUT2D eigenvalue weighted by molar-refractivity contribution is 7.98. The summed E-state index contributed by atoms with van der Waals surface area (Å²) in [4.78, 5) is 30.1. The number of thioether (sulfide) groups is 1. The molecule has 0 spiro atoms. The Hall–Kier alpha value is -3.46. The zero-order valence-corrected chi connectivity index (χ0v) is 18.1. The van der Waals surface area contributed by atoms with Gasteiger partial charge in [0.05, 0.1) is 22.3 Å². The maximum atomic E-state index is 13.4. The van der Waals surface area contributed by atoms with Crippen LogP contribution in [-0.2, 0) is 5.75 Å². The van der Waals surface area contributed by atoms with Crippen molar-refractivity contribution >= 4 is 34.6 Å². The van der Waals surface area contributed by atoms with E-state index in [2.05, 4.69) is 40.9 Å². The summed E-state index contributed by atoms with van der Waals surface area (Å²) in [6.07, 6.45) is 1.05. The van der Waals surface area contributed by atoms with E-state index in [1.54, 1.807) is 10.6 Å². The van der Waals surface area contributed by atoms with Gasteiger partial charge in [0.25, 0.3) is 5.56 Å². The van der Waals surface area contributed by atoms with E-state index >= 15 is 0 Å². The summed E-state index contributed by atoms with van der Waals surface area (Å²) in [5.74, 6) is 1.34. The first-order valence-corrected chi connectivity index (χ1v) is 11.0. The molecule has 0 aliphatic heterocycles. The monoisotopic (exact) mass is 433 g/mol. The molecule has 0 fully saturated rings. The lowest BCUT2D eigenvalue weighted by atomic mass is 9.98. The topological polar surface area (TPSA) is 126 Å². The number of fused-ring (bicyclic) bond motifs is 1. The molecule has 2 heterocycles. The van der Waals surface area contributed by atoms with Crippen molar-refractivity contribution in [1.29, 1.82) is 0 Å². The Balaban J connectivity index is 1.79. The van der Waals surface area contributed by atoms with Crippen molar-refractivity contribution in [2.24, 2.45) is 0 Å². The predicted molar refractivity (Wildman–Crippen MR) is 124 cm³/mol. The molecule has 2 aromatic carbocycles. The Morgan fingerprint density at radius 3 is 2.32 bits per heavy atom. The van der Waals surface area contributed by atoms with Gasteiger partial charge in [0, 0.05) is 0 Å². The Labute approximate surface area is 183 Å². The quantitative estimate of drug-likeness (QED) is 0.349. The lowest BCUT2D eigenvalue weighted by Gasteiger charge is -2.15. The van der Waals surface area contributed by atoms with Crippen LogP contribution in [0.2, 0.25) is 0 Å². The number of nitrogens with two attached hydrogens (primary N) is 2. The summed E-state index contributed by atoms with van der Waals surface area (Å²) in [6, 6.07) is 15.4. The fourth-order valence-corrected chi connectivity index (χ4v) is 4.14. The van der Waals surface area contributed by atoms with Gasteiger partial charge in [-0.15, -0.1) is 0 Å². The van der Waals surface area contributed by atoms with Crippen LogP contribution in [0, 0.1) is 0 Å². The summed E-state index contributed by atoms with van der Waals surface area (Å²) in [5, 5.41) is 1.10. The molecule has 1 atom stereocenters. The van der Waals surface area contributed by atoms with Gasteiger partial charge in [-0.3, -0.25) is 9.36 Å². The molecule has 31 heavy (non-hydrogen) atoms. The van der Waals surface area contributed by atoms with Crippen molar-refractivity contribution in [1.82, 2.24) is 24.5 Å². The summed E-state index contributed by atoms with van der Waals surface area (Å²) in [6.45, 7) is 4.35. The summed E-state index contributed by atoms with van der Waals surface area (Å²) in [5.41, 5.74) is 13.9. The first-order chi connectivity index (χ1) is 15.0. The van der Waals surface area contributed by atoms with E-state index in [9.17, 15) is 4.79 Å². The Morgan fingerprint density at radius 2 is 1.65 bits per heavy atom. The number of hydrogen-bond acceptors (Lipinski definition) is 8. The number of benzene rings is 2. The van der Waals surface area contributed by atoms with Gasteiger partial charge in [0.15, 0.2) is 5.16 Å². The minimum atomic E-state index is -0.126. The highest BCUT2D eigenvalue weighted by atomic mass is 32.2. The molecule has 0 bridgehead atoms. The van der Waals surface area contributed by atoms with Gasteiger partial charge in [-0.05, 0) is 42.2 Å². The van der Waals surface area contributed by atoms with Crippen LogP contribution in [0.1, 0.15) is 37.6 Å². The number of para-hydroxylation sites is 1. The largest absolute Gasteiger partial charge is 0.368 e. The molecule has 0 amide bonds. The molecule has 9 heteroatoms. The molecule has 4 aromatic rings. The molecule has 2 aromatic heterocycles. The van der Waals surface area contributed by atoms with Crippen molar-refractivity contribution in [3.8, 4) is 5.69 Å². The summed E-state index contributed by atoms with van der Waals surface area (Å²) in [7, 11) is 0. The molecular weight excluding hydrogens is 410 g/mol. The Morgan fingerprint density at radius 1 is 0.968 bits per heavy atom. The van der Waals surface area contributed by atoms with Crippen LogP contribution in [-0.4, -0.2) is 24.5 Å². The van der Waals surface area contributed by atoms with Crippen LogP contribution in [0.3, 0.4) is 0 Å². The average Bonchev–Trinajstić information content (AvgIpc) is 2.77. The van der Waals surface area contributed by atoms with Gasteiger partial charge in [-0.2, -0.15) is 15.0 Å². The summed E-state index contributed by atoms with van der Waals surface area (Å²) >= 11 is 1.34. The van der Waals surface area contributed by atoms with Crippen molar-refractivity contribution in [3.63, 3.8) is 0 Å². The molecular formula is C22H23N7OS. The van der Waals surface area contributed by atoms with Crippen molar-refractivity contribution < 1.29 is 0 Å². The Bertz CT molecular complexity index is 1270. The van der Waals surface area contributed by atoms with Crippen LogP contribution in [0.25, 0.3) is 16.6 Å². The lowest BCUT2D eigenvalue weighted by molar-refractivity contribution is 0.732. The van der Waals surface area contributed by atoms with E-state index in [0.29, 0.717) is 33.6 Å². The Kier molecular flexibility index (Phi) is 5.85. The van der Waals surface area contributed by atoms with E-state index in [1.807, 2.05) is 30.3 Å². The van der Waals surface area contributed by atoms with Crippen LogP contribution < -0.4 is 17.0 Å². The van der Waals surface area contributed by atoms with Gasteiger partial charge in [0.1, 0.15) is 5.82 Å². The number of nitrogens with zero attached hydrogens (tertiary/aromatic N) is 5. The zero-order chi connectivity index (χ0) is 22.0. The SMILES string of the molecule is CCC(C)c1ccc(-n2c(SCc3nc(N)nc(N)n3)nc3ccccc3c2=O)cc1. The van der Waals surface area contributed by atoms with Gasteiger partial charge in [-0.25, -0.2) is 4.98 Å². The van der Waals surface area contributed by atoms with Gasteiger partial charge in [0.2, 0.25) is 11.9 Å². The third-order valence-electron chi connectivity index (χ3n) is 5.12. The second kappa shape index (κ2) is 8.73. The zero-order valence-electron chi connectivity index (χ0n) is 17.3. The first kappa shape index (κ1) is 20.8. The highest BCUT2D eigenvalue weighted by Crippen LogP contribution is 2.25. The molecule has 4 rings (SSSR count). The predicted octanol–water partition coefficient (Wildman–Crippen LogP) is 3.54. The molecule has 1 unspecified atom stereocenters. The van der Waals surface area contributed by atoms with E-state index in [0.717, 1.165) is 12.1 Å². The van der Waals surface area contributed by atoms with E-state index < -0.39 is 0 Å². The normalized spacial score (nSPS) is 12.2. The van der Waals surface area contributed by atoms with Crippen LogP contribution in [0.15, 0.2) is 58.5 Å². The number of anilines is 2. The number of nitrogen functional groups attached to an aromatic ring is 2. The molecule has 4 N–H and O–H groups in total. The van der Waals surface area contributed by atoms with Crippen LogP contribution in [0.5, 0.6) is 0 Å². The van der Waals surface area contributed by atoms with Gasteiger partial charge in [-0.1, -0.05) is 49.9 Å². The van der Waals surface area contributed by atoms with Crippen LogP contribution in [0.4, 0.5) is 11.9 Å². The van der Waals surface area contributed by atoms with Crippen LogP contribution >= 0.6 is 11.8 Å². The van der Waals surface area contributed by atoms with Gasteiger partial charge >= 0.3 is 0 Å². The molecule has 0 saturated heterocycles. The molecule has 0 radical (unpaired) electrons. The molecule has 158 valence electrons. The molecule has 0 saturated carbocycles. The highest BCUT2D eigenvalue weighted by Gasteiger charge is 2.15. The van der Waals surface area contributed by atoms with E-state index in [4.69, 9.17) is 16.5 Å². The third kappa shape index (κ3) is 4.36. The summed E-state index contributed by atoms with van der Waals surface area (Å²) < 4.78 is 1.63. The number of aromatic nitrogens is 5. The first-order valence-electron chi connectivity index (χ1n) is 9.97. The van der Waals surface area contributed by atoms with E-state index in [1.165, 1.54) is 17.3 Å².